The highest BCUT2D eigenvalue weighted by molar-refractivity contribution is 9.10. The number of ether oxygens (including phenoxy) is 1. The number of carbonyl (C=O) groups excluding carboxylic acids is 4. The molecule has 2 aliphatic rings. The lowest BCUT2D eigenvalue weighted by molar-refractivity contribution is -0.139. The molecule has 2 N–H and O–H groups in total. The fourth-order valence-corrected chi connectivity index (χ4v) is 7.43. The van der Waals surface area contributed by atoms with E-state index in [9.17, 15) is 19.2 Å². The largest absolute Gasteiger partial charge is 0.390 e. The van der Waals surface area contributed by atoms with Crippen molar-refractivity contribution in [3.63, 3.8) is 0 Å². The maximum Gasteiger partial charge on any atom is 0.330 e. The number of halogens is 1. The first-order valence-electron chi connectivity index (χ1n) is 17.1. The maximum atomic E-state index is 14.2. The number of nitrogens with two attached hydrogens (primary N) is 1. The van der Waals surface area contributed by atoms with Crippen LogP contribution in [0, 0.1) is 24.7 Å². The van der Waals surface area contributed by atoms with E-state index in [0.717, 1.165) is 24.8 Å². The predicted molar refractivity (Wildman–Crippen MR) is 190 cm³/mol. The zero-order chi connectivity index (χ0) is 35.9. The topological polar surface area (TPSA) is 163 Å². The van der Waals surface area contributed by atoms with Crippen LogP contribution in [0.2, 0.25) is 0 Å². The number of carbonyl (C=O) groups is 4. The number of hydrogen-bond donors (Lipinski definition) is 1. The second-order valence-corrected chi connectivity index (χ2v) is 14.6. The van der Waals surface area contributed by atoms with Crippen molar-refractivity contribution >= 4 is 50.3 Å². The fraction of sp³-hybridized carbons (Fsp3) is 0.459. The van der Waals surface area contributed by atoms with Crippen LogP contribution in [-0.2, 0) is 27.3 Å². The van der Waals surface area contributed by atoms with E-state index in [1.807, 2.05) is 56.0 Å². The Kier molecular flexibility index (Phi) is 10.3. The van der Waals surface area contributed by atoms with Gasteiger partial charge in [-0.1, -0.05) is 45.7 Å². The standard InChI is InChI=1S/C37H42BrN7O5/c1-6-7-8-24-25-14-29(30(47)15-27-20(4)9-12-31(38)42-27)45(35(24)25)32(48)18-44-28-11-10-22(13-26(28)34(43-44)21(5)46)23-16-40-37(41-17-23)50-36(49)33(39)19(2)3/h9-13,16-17,19,24-25,29,33,35H,6-8,14-15,18,39H2,1-5H3/t24?,25-,29-,33-,35+/m0/s1. The maximum absolute atomic E-state index is 14.2. The van der Waals surface area contributed by atoms with Gasteiger partial charge in [0.25, 0.3) is 0 Å². The highest BCUT2D eigenvalue weighted by Gasteiger charge is 2.62. The molecule has 0 spiro atoms. The van der Waals surface area contributed by atoms with Crippen molar-refractivity contribution in [1.82, 2.24) is 29.6 Å². The number of nitrogens with zero attached hydrogens (tertiary/aromatic N) is 6. The summed E-state index contributed by atoms with van der Waals surface area (Å²) < 4.78 is 7.45. The van der Waals surface area contributed by atoms with E-state index < -0.39 is 18.1 Å². The number of unbranched alkanes of at least 4 members (excludes halogenated alkanes) is 1. The van der Waals surface area contributed by atoms with Crippen LogP contribution in [-0.4, -0.2) is 71.2 Å². The van der Waals surface area contributed by atoms with Crippen molar-refractivity contribution in [1.29, 1.82) is 0 Å². The molecule has 3 aromatic heterocycles. The van der Waals surface area contributed by atoms with Gasteiger partial charge in [-0.15, -0.1) is 0 Å². The van der Waals surface area contributed by atoms with Gasteiger partial charge in [0.15, 0.2) is 11.6 Å². The minimum Gasteiger partial charge on any atom is -0.390 e. The van der Waals surface area contributed by atoms with Crippen LogP contribution in [0.15, 0.2) is 47.3 Å². The molecule has 0 bridgehead atoms. The Morgan fingerprint density at radius 1 is 1.08 bits per heavy atom. The van der Waals surface area contributed by atoms with Crippen LogP contribution in [0.5, 0.6) is 6.01 Å². The summed E-state index contributed by atoms with van der Waals surface area (Å²) in [7, 11) is 0. The SMILES string of the molecule is CCCCC1[C@@H]2[C@H]1C[C@@H](C(=O)Cc1nc(Br)ccc1C)N2C(=O)Cn1nc(C(C)=O)c2cc(-c3cnc(OC(=O)[C@@H](N)C(C)C)nc3)ccc21. The summed E-state index contributed by atoms with van der Waals surface area (Å²) in [6, 6.07) is 7.84. The number of esters is 1. The van der Waals surface area contributed by atoms with Gasteiger partial charge in [-0.25, -0.2) is 19.7 Å². The van der Waals surface area contributed by atoms with E-state index in [2.05, 4.69) is 42.9 Å². The number of ketones is 2. The molecule has 5 atom stereocenters. The van der Waals surface area contributed by atoms with Crippen molar-refractivity contribution in [3.05, 3.63) is 64.3 Å². The summed E-state index contributed by atoms with van der Waals surface area (Å²) in [6.07, 6.45) is 7.04. The molecule has 4 aromatic rings. The van der Waals surface area contributed by atoms with E-state index in [1.54, 1.807) is 4.68 Å². The lowest BCUT2D eigenvalue weighted by Crippen LogP contribution is -2.46. The highest BCUT2D eigenvalue weighted by atomic mass is 79.9. The zero-order valence-electron chi connectivity index (χ0n) is 28.9. The van der Waals surface area contributed by atoms with E-state index in [0.29, 0.717) is 50.6 Å². The number of aryl methyl sites for hydroxylation is 1. The second kappa shape index (κ2) is 14.5. The molecule has 13 heteroatoms. The first kappa shape index (κ1) is 35.5. The number of likely N-dealkylation sites (tertiary alicyclic amines) is 1. The molecular formula is C37H42BrN7O5. The molecule has 0 radical (unpaired) electrons. The number of rotatable bonds is 13. The Bertz CT molecular complexity index is 1960. The average molecular weight is 745 g/mol. The second-order valence-electron chi connectivity index (χ2n) is 13.8. The van der Waals surface area contributed by atoms with Crippen molar-refractivity contribution in [3.8, 4) is 17.1 Å². The minimum atomic E-state index is -0.794. The van der Waals surface area contributed by atoms with Crippen LogP contribution < -0.4 is 10.5 Å². The normalized spacial score (nSPS) is 20.2. The number of piperidine rings is 1. The molecule has 12 nitrogen and oxygen atoms in total. The number of aromatic nitrogens is 5. The summed E-state index contributed by atoms with van der Waals surface area (Å²) in [5, 5.41) is 5.18. The number of hydrogen-bond acceptors (Lipinski definition) is 10. The Labute approximate surface area is 299 Å². The smallest absolute Gasteiger partial charge is 0.330 e. The Morgan fingerprint density at radius 2 is 1.82 bits per heavy atom. The van der Waals surface area contributed by atoms with Crippen LogP contribution in [0.1, 0.15) is 75.1 Å². The first-order valence-corrected chi connectivity index (χ1v) is 17.9. The third-order valence-corrected chi connectivity index (χ3v) is 10.5. The number of Topliss-reactive ketones (excluding diaryl/α,β-unsaturated/α-hetero) is 2. The molecule has 4 heterocycles. The van der Waals surface area contributed by atoms with Crippen LogP contribution in [0.4, 0.5) is 0 Å². The lowest BCUT2D eigenvalue weighted by atomic mass is 9.98. The van der Waals surface area contributed by atoms with Crippen molar-refractivity contribution in [2.24, 2.45) is 23.5 Å². The molecule has 1 unspecified atom stereocenters. The number of pyridine rings is 1. The zero-order valence-corrected chi connectivity index (χ0v) is 30.5. The van der Waals surface area contributed by atoms with Crippen molar-refractivity contribution in [2.45, 2.75) is 91.4 Å². The molecule has 1 saturated heterocycles. The average Bonchev–Trinajstić information content (AvgIpc) is 3.40. The molecule has 2 fully saturated rings. The van der Waals surface area contributed by atoms with Gasteiger partial charge in [0.1, 0.15) is 22.9 Å². The summed E-state index contributed by atoms with van der Waals surface area (Å²) in [4.78, 5) is 67.7. The number of amides is 1. The van der Waals surface area contributed by atoms with Gasteiger partial charge in [-0.2, -0.15) is 5.10 Å². The summed E-state index contributed by atoms with van der Waals surface area (Å²) in [5.74, 6) is -0.459. The van der Waals surface area contributed by atoms with E-state index in [4.69, 9.17) is 10.5 Å². The summed E-state index contributed by atoms with van der Waals surface area (Å²) >= 11 is 3.41. The van der Waals surface area contributed by atoms with E-state index in [-0.39, 0.29) is 54.1 Å². The van der Waals surface area contributed by atoms with Crippen molar-refractivity contribution < 1.29 is 23.9 Å². The van der Waals surface area contributed by atoms with Gasteiger partial charge in [-0.3, -0.25) is 19.1 Å². The van der Waals surface area contributed by atoms with Crippen molar-refractivity contribution in [2.75, 3.05) is 0 Å². The van der Waals surface area contributed by atoms with Crippen LogP contribution >= 0.6 is 15.9 Å². The third kappa shape index (κ3) is 7.11. The van der Waals surface area contributed by atoms with Gasteiger partial charge in [0, 0.05) is 36.3 Å². The monoisotopic (exact) mass is 743 g/mol. The number of fused-ring (bicyclic) bond motifs is 2. The first-order chi connectivity index (χ1) is 23.9. The minimum absolute atomic E-state index is 0.0151. The fourth-order valence-electron chi connectivity index (χ4n) is 7.09. The predicted octanol–water partition coefficient (Wildman–Crippen LogP) is 5.27. The quantitative estimate of drug-likeness (QED) is 0.108. The number of benzene rings is 1. The summed E-state index contributed by atoms with van der Waals surface area (Å²) in [5.41, 5.74) is 9.70. The molecule has 1 amide bonds. The Balaban J connectivity index is 1.24. The van der Waals surface area contributed by atoms with Gasteiger partial charge < -0.3 is 15.4 Å². The molecule has 1 aromatic carbocycles. The van der Waals surface area contributed by atoms with E-state index in [1.165, 1.54) is 19.3 Å². The molecule has 50 heavy (non-hydrogen) atoms. The Morgan fingerprint density at radius 3 is 2.50 bits per heavy atom. The van der Waals surface area contributed by atoms with Gasteiger partial charge in [0.2, 0.25) is 5.91 Å². The molecule has 6 rings (SSSR count). The van der Waals surface area contributed by atoms with Gasteiger partial charge in [0.05, 0.1) is 23.7 Å². The van der Waals surface area contributed by atoms with Crippen LogP contribution in [0.3, 0.4) is 0 Å². The third-order valence-electron chi connectivity index (χ3n) is 10.0. The highest BCUT2D eigenvalue weighted by Crippen LogP contribution is 2.56. The van der Waals surface area contributed by atoms with Gasteiger partial charge in [-0.05, 0) is 82.8 Å². The lowest BCUT2D eigenvalue weighted by Gasteiger charge is -2.28. The Hall–Kier alpha value is -4.36. The molecule has 1 aliphatic heterocycles. The molecule has 1 saturated carbocycles. The van der Waals surface area contributed by atoms with Crippen LogP contribution in [0.25, 0.3) is 22.0 Å². The molecule has 262 valence electrons. The molecule has 1 aliphatic carbocycles. The molecular weight excluding hydrogens is 702 g/mol. The summed E-state index contributed by atoms with van der Waals surface area (Å²) in [6.45, 7) is 9.07. The van der Waals surface area contributed by atoms with E-state index >= 15 is 0 Å². The van der Waals surface area contributed by atoms with Gasteiger partial charge >= 0.3 is 12.0 Å².